The summed E-state index contributed by atoms with van der Waals surface area (Å²) in [6, 6.07) is 5.42. The first-order valence-electron chi connectivity index (χ1n) is 7.16. The van der Waals surface area contributed by atoms with Crippen LogP contribution in [0.4, 0.5) is 5.69 Å². The number of carbonyl (C=O) groups excluding carboxylic acids is 1. The maximum Gasteiger partial charge on any atom is 0.253 e. The van der Waals surface area contributed by atoms with Crippen LogP contribution in [0.5, 0.6) is 5.75 Å². The number of nitrogens with two attached hydrogens (primary N) is 1. The average molecular weight is 276 g/mol. The number of carbonyl (C=O) groups is 1. The molecule has 1 amide bonds. The number of amides is 1. The minimum absolute atomic E-state index is 0.0881. The maximum absolute atomic E-state index is 12.3. The monoisotopic (exact) mass is 276 g/mol. The molecule has 0 radical (unpaired) electrons. The van der Waals surface area contributed by atoms with Crippen molar-refractivity contribution in [3.63, 3.8) is 0 Å². The van der Waals surface area contributed by atoms with Gasteiger partial charge in [0.05, 0.1) is 12.7 Å². The summed E-state index contributed by atoms with van der Waals surface area (Å²) < 4.78 is 5.09. The molecule has 0 unspecified atom stereocenters. The van der Waals surface area contributed by atoms with E-state index in [1.165, 1.54) is 0 Å². The first-order chi connectivity index (χ1) is 9.41. The second-order valence-corrected chi connectivity index (χ2v) is 6.37. The summed E-state index contributed by atoms with van der Waals surface area (Å²) >= 11 is 0. The Bertz CT molecular complexity index is 487. The van der Waals surface area contributed by atoms with E-state index in [1.807, 2.05) is 0 Å². The number of ether oxygens (including phenoxy) is 1. The van der Waals surface area contributed by atoms with Gasteiger partial charge < -0.3 is 15.8 Å². The van der Waals surface area contributed by atoms with Crippen LogP contribution >= 0.6 is 0 Å². The Morgan fingerprint density at radius 3 is 2.55 bits per heavy atom. The predicted molar refractivity (Wildman–Crippen MR) is 80.9 cm³/mol. The molecular weight excluding hydrogens is 252 g/mol. The van der Waals surface area contributed by atoms with Crippen molar-refractivity contribution in [2.24, 2.45) is 5.41 Å². The molecule has 0 saturated heterocycles. The molecule has 110 valence electrons. The fraction of sp³-hybridized carbons (Fsp3) is 0.562. The maximum atomic E-state index is 12.3. The lowest BCUT2D eigenvalue weighted by atomic mass is 9.75. The Labute approximate surface area is 120 Å². The van der Waals surface area contributed by atoms with E-state index in [2.05, 4.69) is 19.2 Å². The van der Waals surface area contributed by atoms with Gasteiger partial charge in [-0.1, -0.05) is 13.8 Å². The molecule has 3 N–H and O–H groups in total. The summed E-state index contributed by atoms with van der Waals surface area (Å²) in [5.74, 6) is 0.577. The Kier molecular flexibility index (Phi) is 4.21. The second kappa shape index (κ2) is 5.73. The molecule has 1 aromatic carbocycles. The normalized spacial score (nSPS) is 18.6. The zero-order valence-corrected chi connectivity index (χ0v) is 12.5. The third-order valence-electron chi connectivity index (χ3n) is 4.18. The van der Waals surface area contributed by atoms with Crippen molar-refractivity contribution in [3.8, 4) is 5.75 Å². The van der Waals surface area contributed by atoms with Crippen LogP contribution in [0.25, 0.3) is 0 Å². The van der Waals surface area contributed by atoms with Crippen molar-refractivity contribution in [3.05, 3.63) is 23.8 Å². The summed E-state index contributed by atoms with van der Waals surface area (Å²) in [5.41, 5.74) is 7.29. The van der Waals surface area contributed by atoms with E-state index in [1.54, 1.807) is 25.3 Å². The highest BCUT2D eigenvalue weighted by atomic mass is 16.5. The number of benzene rings is 1. The van der Waals surface area contributed by atoms with Crippen molar-refractivity contribution in [1.82, 2.24) is 5.32 Å². The van der Waals surface area contributed by atoms with E-state index in [9.17, 15) is 4.79 Å². The van der Waals surface area contributed by atoms with Gasteiger partial charge in [-0.2, -0.15) is 0 Å². The number of hydrogen-bond acceptors (Lipinski definition) is 3. The predicted octanol–water partition coefficient (Wildman–Crippen LogP) is 2.98. The van der Waals surface area contributed by atoms with Crippen LogP contribution in [0.15, 0.2) is 18.2 Å². The molecule has 2 rings (SSSR count). The van der Waals surface area contributed by atoms with Crippen LogP contribution in [0.1, 0.15) is 49.9 Å². The molecule has 20 heavy (non-hydrogen) atoms. The highest BCUT2D eigenvalue weighted by molar-refractivity contribution is 5.99. The Hall–Kier alpha value is -1.71. The summed E-state index contributed by atoms with van der Waals surface area (Å²) in [6.07, 6.45) is 4.37. The lowest BCUT2D eigenvalue weighted by molar-refractivity contribution is 0.0910. The van der Waals surface area contributed by atoms with Gasteiger partial charge >= 0.3 is 0 Å². The zero-order valence-electron chi connectivity index (χ0n) is 12.5. The summed E-state index contributed by atoms with van der Waals surface area (Å²) in [6.45, 7) is 4.57. The van der Waals surface area contributed by atoms with Gasteiger partial charge in [0.1, 0.15) is 5.75 Å². The van der Waals surface area contributed by atoms with E-state index < -0.39 is 0 Å². The zero-order chi connectivity index (χ0) is 14.8. The smallest absolute Gasteiger partial charge is 0.253 e. The van der Waals surface area contributed by atoms with Crippen molar-refractivity contribution in [1.29, 1.82) is 0 Å². The summed E-state index contributed by atoms with van der Waals surface area (Å²) in [4.78, 5) is 12.3. The van der Waals surface area contributed by atoms with Gasteiger partial charge in [0.15, 0.2) is 0 Å². The first-order valence-corrected chi connectivity index (χ1v) is 7.16. The molecule has 0 spiro atoms. The molecule has 1 aromatic rings. The summed E-state index contributed by atoms with van der Waals surface area (Å²) in [7, 11) is 1.58. The third-order valence-corrected chi connectivity index (χ3v) is 4.18. The third kappa shape index (κ3) is 3.44. The quantitative estimate of drug-likeness (QED) is 0.834. The second-order valence-electron chi connectivity index (χ2n) is 6.37. The Morgan fingerprint density at radius 2 is 2.00 bits per heavy atom. The molecule has 0 bridgehead atoms. The number of methoxy groups -OCH3 is 1. The van der Waals surface area contributed by atoms with Crippen molar-refractivity contribution >= 4 is 11.6 Å². The molecule has 4 heteroatoms. The molecular formula is C16H24N2O2. The molecule has 1 saturated carbocycles. The van der Waals surface area contributed by atoms with Gasteiger partial charge in [0.25, 0.3) is 5.91 Å². The lowest BCUT2D eigenvalue weighted by Crippen LogP contribution is -2.39. The first kappa shape index (κ1) is 14.7. The van der Waals surface area contributed by atoms with Gasteiger partial charge in [-0.15, -0.1) is 0 Å². The lowest BCUT2D eigenvalue weighted by Gasteiger charge is -2.34. The molecule has 0 atom stereocenters. The SMILES string of the molecule is COc1ccc(C(=O)NC2CCC(C)(C)CC2)c(N)c1. The number of rotatable bonds is 3. The minimum atomic E-state index is -0.0881. The molecule has 1 aliphatic rings. The molecule has 0 aliphatic heterocycles. The van der Waals surface area contributed by atoms with Crippen LogP contribution in [-0.4, -0.2) is 19.1 Å². The van der Waals surface area contributed by atoms with Crippen molar-refractivity contribution in [2.75, 3.05) is 12.8 Å². The van der Waals surface area contributed by atoms with Crippen LogP contribution in [-0.2, 0) is 0 Å². The minimum Gasteiger partial charge on any atom is -0.497 e. The van der Waals surface area contributed by atoms with Crippen LogP contribution < -0.4 is 15.8 Å². The highest BCUT2D eigenvalue weighted by Crippen LogP contribution is 2.35. The average Bonchev–Trinajstić information content (AvgIpc) is 2.40. The number of nitrogens with one attached hydrogen (secondary N) is 1. The van der Waals surface area contributed by atoms with Crippen LogP contribution in [0.3, 0.4) is 0 Å². The van der Waals surface area contributed by atoms with E-state index in [4.69, 9.17) is 10.5 Å². The number of nitrogen functional groups attached to an aromatic ring is 1. The van der Waals surface area contributed by atoms with E-state index in [0.717, 1.165) is 25.7 Å². The Morgan fingerprint density at radius 1 is 1.35 bits per heavy atom. The van der Waals surface area contributed by atoms with E-state index >= 15 is 0 Å². The molecule has 1 aliphatic carbocycles. The fourth-order valence-corrected chi connectivity index (χ4v) is 2.68. The molecule has 1 fully saturated rings. The number of hydrogen-bond donors (Lipinski definition) is 2. The van der Waals surface area contributed by atoms with Crippen LogP contribution in [0.2, 0.25) is 0 Å². The fourth-order valence-electron chi connectivity index (χ4n) is 2.68. The number of anilines is 1. The van der Waals surface area contributed by atoms with E-state index in [0.29, 0.717) is 22.4 Å². The van der Waals surface area contributed by atoms with E-state index in [-0.39, 0.29) is 11.9 Å². The Balaban J connectivity index is 1.99. The summed E-state index contributed by atoms with van der Waals surface area (Å²) in [5, 5.41) is 3.09. The van der Waals surface area contributed by atoms with Crippen molar-refractivity contribution < 1.29 is 9.53 Å². The van der Waals surface area contributed by atoms with Gasteiger partial charge in [-0.25, -0.2) is 0 Å². The topological polar surface area (TPSA) is 64.3 Å². The molecule has 4 nitrogen and oxygen atoms in total. The van der Waals surface area contributed by atoms with Gasteiger partial charge in [0.2, 0.25) is 0 Å². The molecule has 0 aromatic heterocycles. The largest absolute Gasteiger partial charge is 0.497 e. The standard InChI is InChI=1S/C16H24N2O2/c1-16(2)8-6-11(7-9-16)18-15(19)13-5-4-12(20-3)10-14(13)17/h4-5,10-11H,6-9,17H2,1-3H3,(H,18,19). The van der Waals surface area contributed by atoms with Gasteiger partial charge in [-0.3, -0.25) is 4.79 Å². The van der Waals surface area contributed by atoms with Crippen molar-refractivity contribution in [2.45, 2.75) is 45.6 Å². The van der Waals surface area contributed by atoms with Gasteiger partial charge in [0, 0.05) is 17.8 Å². The van der Waals surface area contributed by atoms with Crippen LogP contribution in [0, 0.1) is 5.41 Å². The van der Waals surface area contributed by atoms with Gasteiger partial charge in [-0.05, 0) is 43.2 Å². The highest BCUT2D eigenvalue weighted by Gasteiger charge is 2.27. The molecule has 0 heterocycles.